The molecule has 48 heavy (non-hydrogen) atoms. The first-order valence-corrected chi connectivity index (χ1v) is 15.7. The van der Waals surface area contributed by atoms with Gasteiger partial charge < -0.3 is 14.4 Å². The number of aryl methyl sites for hydroxylation is 3. The summed E-state index contributed by atoms with van der Waals surface area (Å²) < 4.78 is 53.3. The van der Waals surface area contributed by atoms with E-state index in [4.69, 9.17) is 12.6 Å². The molecule has 0 aliphatic rings. The molecule has 3 nitrogen and oxygen atoms in total. The first kappa shape index (κ1) is 26.3. The molecule has 0 aliphatic carbocycles. The Hall–Kier alpha value is -4.63. The first-order valence-electron chi connectivity index (χ1n) is 18.7. The number of hydrogen-bond donors (Lipinski definition) is 0. The van der Waals surface area contributed by atoms with E-state index in [1.54, 1.807) is 6.07 Å². The third-order valence-corrected chi connectivity index (χ3v) is 8.27. The maximum atomic E-state index is 7.89. The monoisotopic (exact) mass is 809 g/mol. The molecule has 1 radical (unpaired) electrons. The minimum Gasteiger partial charge on any atom is -0.500 e. The second kappa shape index (κ2) is 13.5. The van der Waals surface area contributed by atoms with Crippen LogP contribution in [0.25, 0.3) is 66.0 Å². The zero-order valence-corrected chi connectivity index (χ0v) is 29.6. The molecule has 0 fully saturated rings. The van der Waals surface area contributed by atoms with Crippen LogP contribution < -0.4 is 0 Å². The molecule has 3 heterocycles. The van der Waals surface area contributed by atoms with E-state index in [0.29, 0.717) is 22.3 Å². The molecule has 0 saturated heterocycles. The molecule has 8 aromatic rings. The fraction of sp³-hybridized carbons (Fsp3) is 0.182. The predicted octanol–water partition coefficient (Wildman–Crippen LogP) is 11.8. The van der Waals surface area contributed by atoms with Crippen LogP contribution >= 0.6 is 0 Å². The van der Waals surface area contributed by atoms with Crippen molar-refractivity contribution in [2.45, 2.75) is 47.8 Å². The first-order chi connectivity index (χ1) is 25.1. The Morgan fingerprint density at radius 2 is 1.50 bits per heavy atom. The van der Waals surface area contributed by atoms with Crippen LogP contribution in [0, 0.1) is 38.2 Å². The van der Waals surface area contributed by atoms with Gasteiger partial charge in [0.05, 0.1) is 5.58 Å². The van der Waals surface area contributed by atoms with E-state index < -0.39 is 13.7 Å². The van der Waals surface area contributed by atoms with Gasteiger partial charge >= 0.3 is 0 Å². The minimum atomic E-state index is -2.61. The van der Waals surface area contributed by atoms with Crippen molar-refractivity contribution in [1.29, 1.82) is 0 Å². The molecule has 0 spiro atoms. The van der Waals surface area contributed by atoms with Crippen LogP contribution in [0.2, 0.25) is 0 Å². The van der Waals surface area contributed by atoms with Crippen LogP contribution in [0.1, 0.15) is 51.2 Å². The van der Waals surface area contributed by atoms with Gasteiger partial charge in [0, 0.05) is 51.5 Å². The third kappa shape index (κ3) is 6.69. The Morgan fingerprint density at radius 3 is 2.25 bits per heavy atom. The van der Waals surface area contributed by atoms with E-state index in [1.807, 2.05) is 36.5 Å². The second-order valence-electron chi connectivity index (χ2n) is 13.2. The molecule has 0 N–H and O–H groups in total. The van der Waals surface area contributed by atoms with Crippen LogP contribution in [0.3, 0.4) is 0 Å². The van der Waals surface area contributed by atoms with Crippen LogP contribution in [0.5, 0.6) is 0 Å². The number of fused-ring (bicyclic) bond motifs is 7. The molecule has 0 atom stereocenters. The van der Waals surface area contributed by atoms with Crippen LogP contribution in [0.4, 0.5) is 0 Å². The van der Waals surface area contributed by atoms with Gasteiger partial charge in [0.25, 0.3) is 0 Å². The molecule has 5 aromatic carbocycles. The Labute approximate surface area is 304 Å². The van der Waals surface area contributed by atoms with Gasteiger partial charge in [-0.3, -0.25) is 0 Å². The molecule has 0 unspecified atom stereocenters. The van der Waals surface area contributed by atoms with Crippen LogP contribution in [-0.2, 0) is 26.5 Å². The van der Waals surface area contributed by atoms with Gasteiger partial charge in [-0.05, 0) is 64.2 Å². The Morgan fingerprint density at radius 1 is 0.729 bits per heavy atom. The summed E-state index contributed by atoms with van der Waals surface area (Å²) in [7, 11) is 0. The van der Waals surface area contributed by atoms with E-state index in [2.05, 4.69) is 104 Å². The average molecular weight is 809 g/mol. The summed E-state index contributed by atoms with van der Waals surface area (Å²) >= 11 is 0. The van der Waals surface area contributed by atoms with Crippen molar-refractivity contribution in [1.82, 2.24) is 9.97 Å². The largest absolute Gasteiger partial charge is 0.500 e. The molecular formula is C44H38IrN2O-2. The van der Waals surface area contributed by atoms with Crippen LogP contribution in [0.15, 0.2) is 114 Å². The van der Waals surface area contributed by atoms with Gasteiger partial charge in [0.15, 0.2) is 0 Å². The topological polar surface area (TPSA) is 38.9 Å². The van der Waals surface area contributed by atoms with E-state index in [1.165, 1.54) is 17.2 Å². The standard InChI is InChI=1S/C27H18NO.C17H20N.Ir/c1-16-14-24(28-15-17(16)2)23-9-5-8-21-22-13-12-19-11-10-18-6-3-4-7-20(18)25(19)27(22)29-26(21)23;1-13-5-8-15(9-6-13)16-10-7-14(12-18-16)11-17(2,3)4;/h3-8,10-15H,1-2H3;5-8,10,12H,11H2,1-4H3;/q2*-1;/i1D3,2D3;;. The molecule has 3 aromatic heterocycles. The molecule has 0 amide bonds. The zero-order chi connectivity index (χ0) is 37.7. The molecule has 0 aliphatic heterocycles. The van der Waals surface area contributed by atoms with E-state index >= 15 is 0 Å². The molecule has 4 heteroatoms. The van der Waals surface area contributed by atoms with Crippen molar-refractivity contribution in [3.63, 3.8) is 0 Å². The van der Waals surface area contributed by atoms with Crippen molar-refractivity contribution in [2.24, 2.45) is 5.41 Å². The maximum Gasteiger partial charge on any atom is 0.129 e. The van der Waals surface area contributed by atoms with Crippen molar-refractivity contribution in [3.05, 3.63) is 144 Å². The fourth-order valence-corrected chi connectivity index (χ4v) is 6.03. The molecule has 0 bridgehead atoms. The van der Waals surface area contributed by atoms with Crippen molar-refractivity contribution >= 4 is 43.5 Å². The normalized spacial score (nSPS) is 13.8. The number of hydrogen-bond acceptors (Lipinski definition) is 3. The number of aromatic nitrogens is 2. The van der Waals surface area contributed by atoms with Crippen LogP contribution in [-0.4, -0.2) is 9.97 Å². The summed E-state index contributed by atoms with van der Waals surface area (Å²) in [5.74, 6) is 0. The summed E-state index contributed by atoms with van der Waals surface area (Å²) in [6.45, 7) is 3.60. The zero-order valence-electron chi connectivity index (χ0n) is 33.2. The summed E-state index contributed by atoms with van der Waals surface area (Å²) in [6.07, 6.45) is 4.16. The van der Waals surface area contributed by atoms with Crippen molar-refractivity contribution in [2.75, 3.05) is 0 Å². The Bertz CT molecular complexity index is 2600. The maximum absolute atomic E-state index is 7.89. The van der Waals surface area contributed by atoms with Gasteiger partial charge in [0.2, 0.25) is 0 Å². The fourth-order valence-electron chi connectivity index (χ4n) is 6.03. The van der Waals surface area contributed by atoms with Gasteiger partial charge in [0.1, 0.15) is 5.58 Å². The summed E-state index contributed by atoms with van der Waals surface area (Å²) in [5, 5.41) is 5.99. The number of pyridine rings is 2. The third-order valence-electron chi connectivity index (χ3n) is 8.27. The Balaban J connectivity index is 0.000000222. The smallest absolute Gasteiger partial charge is 0.129 e. The minimum absolute atomic E-state index is 0. The van der Waals surface area contributed by atoms with E-state index in [-0.39, 0.29) is 31.2 Å². The predicted molar refractivity (Wildman–Crippen MR) is 197 cm³/mol. The van der Waals surface area contributed by atoms with Gasteiger partial charge in [-0.1, -0.05) is 111 Å². The quantitative estimate of drug-likeness (QED) is 0.132. The summed E-state index contributed by atoms with van der Waals surface area (Å²) in [6, 6.07) is 38.1. The molecular weight excluding hydrogens is 765 g/mol. The number of benzene rings is 5. The second-order valence-corrected chi connectivity index (χ2v) is 13.2. The molecule has 241 valence electrons. The van der Waals surface area contributed by atoms with Gasteiger partial charge in [-0.2, -0.15) is 0 Å². The molecule has 0 saturated carbocycles. The summed E-state index contributed by atoms with van der Waals surface area (Å²) in [5.41, 5.74) is 6.36. The van der Waals surface area contributed by atoms with Crippen molar-refractivity contribution < 1.29 is 32.7 Å². The number of rotatable bonds is 3. The van der Waals surface area contributed by atoms with Crippen molar-refractivity contribution in [3.8, 4) is 22.5 Å². The van der Waals surface area contributed by atoms with E-state index in [0.717, 1.165) is 61.8 Å². The van der Waals surface area contributed by atoms with E-state index in [9.17, 15) is 0 Å². The molecule has 8 rings (SSSR count). The van der Waals surface area contributed by atoms with Gasteiger partial charge in [-0.15, -0.1) is 53.6 Å². The number of nitrogens with zero attached hydrogens (tertiary/aromatic N) is 2. The number of furan rings is 1. The average Bonchev–Trinajstić information content (AvgIpc) is 3.50. The van der Waals surface area contributed by atoms with Gasteiger partial charge in [-0.25, -0.2) is 0 Å². The Kier molecular flexibility index (Phi) is 7.39. The SMILES string of the molecule is Cc1c[c-]c(-c2ccc(CC(C)(C)C)cn2)cc1.[2H]C([2H])([2H])c1cnc(-c2[c-]ccc3c2oc2c3ccc3ccc4ccccc4c32)cc1C([2H])([2H])[2H].[Ir]. The summed E-state index contributed by atoms with van der Waals surface area (Å²) in [4.78, 5) is 8.85.